The largest absolute Gasteiger partial charge is 0.346 e. The Labute approximate surface area is 152 Å². The van der Waals surface area contributed by atoms with Crippen molar-refractivity contribution in [2.45, 2.75) is 19.8 Å². The highest BCUT2D eigenvalue weighted by Crippen LogP contribution is 2.28. The molecule has 0 bridgehead atoms. The minimum Gasteiger partial charge on any atom is -0.346 e. The average molecular weight is 352 g/mol. The third-order valence-electron chi connectivity index (χ3n) is 4.31. The topological polar surface area (TPSA) is 56.1 Å². The Hall–Kier alpha value is -2.77. The van der Waals surface area contributed by atoms with E-state index >= 15 is 0 Å². The Morgan fingerprint density at radius 2 is 2.08 bits per heavy atom. The van der Waals surface area contributed by atoms with Gasteiger partial charge in [-0.25, -0.2) is 0 Å². The van der Waals surface area contributed by atoms with Gasteiger partial charge in [0.1, 0.15) is 11.6 Å². The molecule has 2 aromatic rings. The molecule has 0 radical (unpaired) electrons. The molecule has 25 heavy (non-hydrogen) atoms. The number of anilines is 2. The zero-order valence-corrected chi connectivity index (χ0v) is 14.7. The predicted octanol–water partition coefficient (Wildman–Crippen LogP) is 4.45. The summed E-state index contributed by atoms with van der Waals surface area (Å²) >= 11 is 6.08. The van der Waals surface area contributed by atoms with Gasteiger partial charge < -0.3 is 10.2 Å². The molecule has 3 rings (SSSR count). The number of nitrogens with one attached hydrogen (secondary N) is 1. The summed E-state index contributed by atoms with van der Waals surface area (Å²) in [6, 6.07) is 15.4. The van der Waals surface area contributed by atoms with Crippen molar-refractivity contribution in [1.29, 1.82) is 5.26 Å². The normalized spacial score (nSPS) is 13.8. The number of para-hydroxylation sites is 1. The zero-order valence-electron chi connectivity index (χ0n) is 13.9. The third-order valence-corrected chi connectivity index (χ3v) is 4.72. The maximum atomic E-state index is 12.5. The van der Waals surface area contributed by atoms with Gasteiger partial charge in [-0.2, -0.15) is 5.26 Å². The van der Waals surface area contributed by atoms with Crippen LogP contribution in [0.1, 0.15) is 17.5 Å². The van der Waals surface area contributed by atoms with Gasteiger partial charge in [0, 0.05) is 29.1 Å². The number of benzene rings is 2. The molecule has 1 N–H and O–H groups in total. The van der Waals surface area contributed by atoms with E-state index in [2.05, 4.69) is 11.4 Å². The number of nitriles is 1. The van der Waals surface area contributed by atoms with Crippen LogP contribution < -0.4 is 10.2 Å². The molecule has 5 heteroatoms. The lowest BCUT2D eigenvalue weighted by molar-refractivity contribution is -0.112. The van der Waals surface area contributed by atoms with Gasteiger partial charge in [0.15, 0.2) is 0 Å². The second-order valence-corrected chi connectivity index (χ2v) is 6.35. The zero-order chi connectivity index (χ0) is 17.8. The number of halogens is 1. The highest BCUT2D eigenvalue weighted by atomic mass is 35.5. The van der Waals surface area contributed by atoms with Crippen LogP contribution in [0.3, 0.4) is 0 Å². The molecule has 126 valence electrons. The third kappa shape index (κ3) is 3.67. The first kappa shape index (κ1) is 17.1. The first-order valence-electron chi connectivity index (χ1n) is 8.13. The minimum atomic E-state index is -0.434. The van der Waals surface area contributed by atoms with Crippen LogP contribution in [0.2, 0.25) is 5.02 Å². The highest BCUT2D eigenvalue weighted by molar-refractivity contribution is 6.31. The van der Waals surface area contributed by atoms with Crippen molar-refractivity contribution in [2.24, 2.45) is 0 Å². The number of hydrogen-bond donors (Lipinski definition) is 1. The van der Waals surface area contributed by atoms with E-state index in [-0.39, 0.29) is 5.57 Å². The predicted molar refractivity (Wildman–Crippen MR) is 101 cm³/mol. The molecule has 1 heterocycles. The van der Waals surface area contributed by atoms with E-state index in [1.54, 1.807) is 24.4 Å². The van der Waals surface area contributed by atoms with Crippen LogP contribution in [0, 0.1) is 18.3 Å². The number of nitrogens with zero attached hydrogens (tertiary/aromatic N) is 2. The minimum absolute atomic E-state index is 0.0658. The van der Waals surface area contributed by atoms with Gasteiger partial charge in [0.25, 0.3) is 5.91 Å². The summed E-state index contributed by atoms with van der Waals surface area (Å²) in [7, 11) is 0. The maximum absolute atomic E-state index is 12.5. The Morgan fingerprint density at radius 1 is 1.28 bits per heavy atom. The van der Waals surface area contributed by atoms with Crippen LogP contribution in [0.15, 0.2) is 54.2 Å². The molecule has 0 atom stereocenters. The molecule has 0 aromatic heterocycles. The number of fused-ring (bicyclic) bond motifs is 1. The summed E-state index contributed by atoms with van der Waals surface area (Å²) < 4.78 is 0. The SMILES string of the molecule is Cc1c(Cl)cccc1NC(=O)/C(C#N)=C\N1CCCc2ccccc21. The molecule has 2 aromatic carbocycles. The smallest absolute Gasteiger partial charge is 0.267 e. The molecular weight excluding hydrogens is 334 g/mol. The number of aryl methyl sites for hydroxylation is 1. The highest BCUT2D eigenvalue weighted by Gasteiger charge is 2.18. The average Bonchev–Trinajstić information content (AvgIpc) is 2.63. The van der Waals surface area contributed by atoms with E-state index in [1.165, 1.54) is 5.56 Å². The molecule has 0 fully saturated rings. The second-order valence-electron chi connectivity index (χ2n) is 5.95. The molecular formula is C20H18ClN3O. The van der Waals surface area contributed by atoms with E-state index < -0.39 is 5.91 Å². The number of amides is 1. The standard InChI is InChI=1S/C20H18ClN3O/c1-14-17(21)8-4-9-18(14)23-20(25)16(12-22)13-24-11-5-7-15-6-2-3-10-19(15)24/h2-4,6,8-10,13H,5,7,11H2,1H3,(H,23,25)/b16-13-. The number of carbonyl (C=O) groups excluding carboxylic acids is 1. The Morgan fingerprint density at radius 3 is 2.88 bits per heavy atom. The van der Waals surface area contributed by atoms with Gasteiger partial charge in [0.2, 0.25) is 0 Å². The van der Waals surface area contributed by atoms with Gasteiger partial charge in [-0.1, -0.05) is 35.9 Å². The molecule has 4 nitrogen and oxygen atoms in total. The van der Waals surface area contributed by atoms with Crippen LogP contribution in [0.4, 0.5) is 11.4 Å². The van der Waals surface area contributed by atoms with Gasteiger partial charge in [-0.3, -0.25) is 4.79 Å². The lowest BCUT2D eigenvalue weighted by Gasteiger charge is -2.28. The van der Waals surface area contributed by atoms with E-state index in [9.17, 15) is 10.1 Å². The summed E-state index contributed by atoms with van der Waals surface area (Å²) in [4.78, 5) is 14.5. The van der Waals surface area contributed by atoms with Gasteiger partial charge >= 0.3 is 0 Å². The van der Waals surface area contributed by atoms with Crippen molar-refractivity contribution < 1.29 is 4.79 Å². The first-order valence-corrected chi connectivity index (χ1v) is 8.51. The molecule has 1 aliphatic heterocycles. The van der Waals surface area contributed by atoms with Crippen LogP contribution in [-0.4, -0.2) is 12.5 Å². The van der Waals surface area contributed by atoms with Gasteiger partial charge in [-0.05, 0) is 49.1 Å². The fourth-order valence-corrected chi connectivity index (χ4v) is 3.10. The van der Waals surface area contributed by atoms with Crippen molar-refractivity contribution >= 4 is 28.9 Å². The fraction of sp³-hybridized carbons (Fsp3) is 0.200. The van der Waals surface area contributed by atoms with Gasteiger partial charge in [0.05, 0.1) is 0 Å². The van der Waals surface area contributed by atoms with Gasteiger partial charge in [-0.15, -0.1) is 0 Å². The number of rotatable bonds is 3. The molecule has 0 spiro atoms. The van der Waals surface area contributed by atoms with Crippen LogP contribution in [0.5, 0.6) is 0 Å². The van der Waals surface area contributed by atoms with E-state index in [0.717, 1.165) is 30.6 Å². The van der Waals surface area contributed by atoms with Crippen LogP contribution in [-0.2, 0) is 11.2 Å². The monoisotopic (exact) mass is 351 g/mol. The summed E-state index contributed by atoms with van der Waals surface area (Å²) in [5, 5.41) is 12.8. The van der Waals surface area contributed by atoms with Crippen molar-refractivity contribution in [3.8, 4) is 6.07 Å². The molecule has 0 saturated heterocycles. The summed E-state index contributed by atoms with van der Waals surface area (Å²) in [6.45, 7) is 2.61. The summed E-state index contributed by atoms with van der Waals surface area (Å²) in [5.74, 6) is -0.434. The molecule has 1 amide bonds. The van der Waals surface area contributed by atoms with E-state index in [0.29, 0.717) is 10.7 Å². The quantitative estimate of drug-likeness (QED) is 0.656. The molecule has 0 saturated carbocycles. The lowest BCUT2D eigenvalue weighted by atomic mass is 10.0. The van der Waals surface area contributed by atoms with Crippen LogP contribution in [0.25, 0.3) is 0 Å². The second kappa shape index (κ2) is 7.42. The van der Waals surface area contributed by atoms with Crippen LogP contribution >= 0.6 is 11.6 Å². The van der Waals surface area contributed by atoms with E-state index in [1.807, 2.05) is 36.1 Å². The molecule has 0 unspecified atom stereocenters. The van der Waals surface area contributed by atoms with E-state index in [4.69, 9.17) is 11.6 Å². The summed E-state index contributed by atoms with van der Waals surface area (Å²) in [5.41, 5.74) is 3.73. The summed E-state index contributed by atoms with van der Waals surface area (Å²) in [6.07, 6.45) is 3.63. The lowest BCUT2D eigenvalue weighted by Crippen LogP contribution is -2.26. The van der Waals surface area contributed by atoms with Crippen molar-refractivity contribution in [1.82, 2.24) is 0 Å². The number of carbonyl (C=O) groups is 1. The maximum Gasteiger partial charge on any atom is 0.267 e. The molecule has 0 aliphatic carbocycles. The molecule has 1 aliphatic rings. The number of hydrogen-bond acceptors (Lipinski definition) is 3. The van der Waals surface area contributed by atoms with Crippen molar-refractivity contribution in [3.63, 3.8) is 0 Å². The Balaban J connectivity index is 1.85. The Bertz CT molecular complexity index is 883. The Kier molecular flexibility index (Phi) is 5.06. The first-order chi connectivity index (χ1) is 12.1. The van der Waals surface area contributed by atoms with Crippen molar-refractivity contribution in [2.75, 3.05) is 16.8 Å². The van der Waals surface area contributed by atoms with Crippen molar-refractivity contribution in [3.05, 3.63) is 70.4 Å². The fourth-order valence-electron chi connectivity index (χ4n) is 2.92.